The van der Waals surface area contributed by atoms with Gasteiger partial charge in [-0.3, -0.25) is 9.48 Å². The molecule has 1 heterocycles. The molecule has 8 nitrogen and oxygen atoms in total. The fourth-order valence-corrected chi connectivity index (χ4v) is 1.70. The first-order valence-corrected chi connectivity index (χ1v) is 5.59. The van der Waals surface area contributed by atoms with E-state index in [4.69, 9.17) is 5.53 Å². The number of aromatic nitrogens is 2. The molecule has 0 amide bonds. The maximum absolute atomic E-state index is 11.2. The van der Waals surface area contributed by atoms with Gasteiger partial charge in [-0.25, -0.2) is 0 Å². The molecule has 0 aliphatic carbocycles. The third-order valence-corrected chi connectivity index (χ3v) is 2.45. The van der Waals surface area contributed by atoms with Crippen molar-refractivity contribution in [3.8, 4) is 0 Å². The first kappa shape index (κ1) is 14.0. The SMILES string of the molecule is CCc1nn(C)cc1C(NCCN=[N+]=[N-])C(=O)O. The monoisotopic (exact) mass is 252 g/mol. The zero-order valence-electron chi connectivity index (χ0n) is 10.4. The number of rotatable bonds is 7. The van der Waals surface area contributed by atoms with Crippen LogP contribution in [0.4, 0.5) is 0 Å². The summed E-state index contributed by atoms with van der Waals surface area (Å²) in [5.74, 6) is -0.973. The molecule has 98 valence electrons. The topological polar surface area (TPSA) is 116 Å². The largest absolute Gasteiger partial charge is 0.480 e. The van der Waals surface area contributed by atoms with Gasteiger partial charge in [0.2, 0.25) is 0 Å². The number of carboxylic acid groups (broad SMARTS) is 1. The van der Waals surface area contributed by atoms with Gasteiger partial charge in [-0.2, -0.15) is 5.10 Å². The minimum Gasteiger partial charge on any atom is -0.480 e. The van der Waals surface area contributed by atoms with Crippen molar-refractivity contribution in [1.29, 1.82) is 0 Å². The summed E-state index contributed by atoms with van der Waals surface area (Å²) in [6.45, 7) is 2.44. The van der Waals surface area contributed by atoms with Crippen LogP contribution in [-0.2, 0) is 18.3 Å². The first-order valence-electron chi connectivity index (χ1n) is 5.59. The van der Waals surface area contributed by atoms with E-state index in [2.05, 4.69) is 20.4 Å². The van der Waals surface area contributed by atoms with E-state index in [-0.39, 0.29) is 6.54 Å². The number of aliphatic carboxylic acids is 1. The predicted octanol–water partition coefficient (Wildman–Crippen LogP) is 1.01. The van der Waals surface area contributed by atoms with Gasteiger partial charge in [0.25, 0.3) is 0 Å². The van der Waals surface area contributed by atoms with Crippen LogP contribution in [0.3, 0.4) is 0 Å². The average molecular weight is 252 g/mol. The maximum Gasteiger partial charge on any atom is 0.325 e. The fourth-order valence-electron chi connectivity index (χ4n) is 1.70. The average Bonchev–Trinajstić information content (AvgIpc) is 2.69. The lowest BCUT2D eigenvalue weighted by molar-refractivity contribution is -0.139. The normalized spacial score (nSPS) is 11.9. The van der Waals surface area contributed by atoms with Crippen LogP contribution < -0.4 is 5.32 Å². The van der Waals surface area contributed by atoms with Gasteiger partial charge in [-0.1, -0.05) is 12.0 Å². The molecule has 0 aliphatic rings. The Morgan fingerprint density at radius 2 is 2.50 bits per heavy atom. The van der Waals surface area contributed by atoms with Crippen molar-refractivity contribution in [3.05, 3.63) is 27.9 Å². The lowest BCUT2D eigenvalue weighted by Gasteiger charge is -2.13. The maximum atomic E-state index is 11.2. The van der Waals surface area contributed by atoms with Crippen LogP contribution >= 0.6 is 0 Å². The second-order valence-corrected chi connectivity index (χ2v) is 3.74. The van der Waals surface area contributed by atoms with Crippen molar-refractivity contribution in [1.82, 2.24) is 15.1 Å². The summed E-state index contributed by atoms with van der Waals surface area (Å²) in [4.78, 5) is 13.8. The van der Waals surface area contributed by atoms with Crippen molar-refractivity contribution in [2.24, 2.45) is 12.2 Å². The Morgan fingerprint density at radius 3 is 3.06 bits per heavy atom. The van der Waals surface area contributed by atoms with Crippen LogP contribution in [-0.4, -0.2) is 33.9 Å². The number of hydrogen-bond donors (Lipinski definition) is 2. The molecule has 0 saturated heterocycles. The Bertz CT molecular complexity index is 463. The number of nitrogens with zero attached hydrogens (tertiary/aromatic N) is 5. The van der Waals surface area contributed by atoms with E-state index in [1.165, 1.54) is 0 Å². The van der Waals surface area contributed by atoms with Gasteiger partial charge >= 0.3 is 5.97 Å². The lowest BCUT2D eigenvalue weighted by Crippen LogP contribution is -2.30. The van der Waals surface area contributed by atoms with E-state index in [0.29, 0.717) is 18.5 Å². The molecule has 2 N–H and O–H groups in total. The Kier molecular flexibility index (Phi) is 5.16. The minimum atomic E-state index is -0.973. The van der Waals surface area contributed by atoms with Crippen LogP contribution in [0.2, 0.25) is 0 Å². The van der Waals surface area contributed by atoms with Crippen LogP contribution in [0, 0.1) is 0 Å². The molecule has 0 spiro atoms. The summed E-state index contributed by atoms with van der Waals surface area (Å²) in [5, 5.41) is 19.6. The van der Waals surface area contributed by atoms with Gasteiger partial charge in [0, 0.05) is 36.8 Å². The third-order valence-electron chi connectivity index (χ3n) is 2.45. The molecule has 1 atom stereocenters. The summed E-state index contributed by atoms with van der Waals surface area (Å²) in [5.41, 5.74) is 9.54. The van der Waals surface area contributed by atoms with Crippen LogP contribution in [0.1, 0.15) is 24.2 Å². The van der Waals surface area contributed by atoms with Crippen LogP contribution in [0.25, 0.3) is 10.4 Å². The van der Waals surface area contributed by atoms with E-state index in [1.807, 2.05) is 6.92 Å². The number of azide groups is 1. The predicted molar refractivity (Wildman–Crippen MR) is 65.0 cm³/mol. The Hall–Kier alpha value is -2.05. The van der Waals surface area contributed by atoms with Gasteiger partial charge in [0.05, 0.1) is 5.69 Å². The van der Waals surface area contributed by atoms with Gasteiger partial charge in [0.15, 0.2) is 0 Å². The molecule has 0 saturated carbocycles. The minimum absolute atomic E-state index is 0.210. The molecule has 1 aromatic heterocycles. The summed E-state index contributed by atoms with van der Waals surface area (Å²) in [6, 6.07) is -0.831. The van der Waals surface area contributed by atoms with Crippen molar-refractivity contribution in [3.63, 3.8) is 0 Å². The summed E-state index contributed by atoms with van der Waals surface area (Å²) >= 11 is 0. The smallest absolute Gasteiger partial charge is 0.325 e. The van der Waals surface area contributed by atoms with Crippen LogP contribution in [0.5, 0.6) is 0 Å². The molecule has 0 fully saturated rings. The number of aryl methyl sites for hydroxylation is 2. The summed E-state index contributed by atoms with van der Waals surface area (Å²) in [6.07, 6.45) is 2.36. The zero-order chi connectivity index (χ0) is 13.5. The van der Waals surface area contributed by atoms with Gasteiger partial charge in [-0.15, -0.1) is 0 Å². The molecule has 0 bridgehead atoms. The van der Waals surface area contributed by atoms with Crippen molar-refractivity contribution in [2.45, 2.75) is 19.4 Å². The fraction of sp³-hybridized carbons (Fsp3) is 0.600. The molecule has 8 heteroatoms. The summed E-state index contributed by atoms with van der Waals surface area (Å²) in [7, 11) is 1.75. The third kappa shape index (κ3) is 3.47. The summed E-state index contributed by atoms with van der Waals surface area (Å²) < 4.78 is 1.60. The molecule has 1 aromatic rings. The first-order chi connectivity index (χ1) is 8.60. The molecule has 0 aromatic carbocycles. The van der Waals surface area contributed by atoms with E-state index in [9.17, 15) is 9.90 Å². The lowest BCUT2D eigenvalue weighted by atomic mass is 10.1. The highest BCUT2D eigenvalue weighted by Gasteiger charge is 2.23. The molecule has 1 unspecified atom stereocenters. The zero-order valence-corrected chi connectivity index (χ0v) is 10.4. The number of carboxylic acids is 1. The van der Waals surface area contributed by atoms with E-state index in [0.717, 1.165) is 5.69 Å². The Balaban J connectivity index is 2.83. The van der Waals surface area contributed by atoms with Crippen LogP contribution in [0.15, 0.2) is 11.3 Å². The van der Waals surface area contributed by atoms with Gasteiger partial charge in [-0.05, 0) is 12.0 Å². The number of hydrogen-bond acceptors (Lipinski definition) is 4. The standard InChI is InChI=1S/C10H16N6O2/c1-3-8-7(6-16(2)14-8)9(10(17)18)12-4-5-13-15-11/h6,9,12H,3-5H2,1-2H3,(H,17,18). The van der Waals surface area contributed by atoms with Crippen molar-refractivity contribution >= 4 is 5.97 Å². The number of carbonyl (C=O) groups is 1. The second-order valence-electron chi connectivity index (χ2n) is 3.74. The van der Waals surface area contributed by atoms with E-state index >= 15 is 0 Å². The highest BCUT2D eigenvalue weighted by Crippen LogP contribution is 2.17. The molecule has 0 aliphatic heterocycles. The molecule has 1 rings (SSSR count). The van der Waals surface area contributed by atoms with E-state index < -0.39 is 12.0 Å². The van der Waals surface area contributed by atoms with Crippen molar-refractivity contribution < 1.29 is 9.90 Å². The van der Waals surface area contributed by atoms with Gasteiger partial charge < -0.3 is 10.4 Å². The number of nitrogens with one attached hydrogen (secondary N) is 1. The van der Waals surface area contributed by atoms with Crippen molar-refractivity contribution in [2.75, 3.05) is 13.1 Å². The molecule has 18 heavy (non-hydrogen) atoms. The molecule has 0 radical (unpaired) electrons. The van der Waals surface area contributed by atoms with E-state index in [1.54, 1.807) is 17.9 Å². The Morgan fingerprint density at radius 1 is 1.78 bits per heavy atom. The molecular formula is C10H16N6O2. The van der Waals surface area contributed by atoms with Gasteiger partial charge in [0.1, 0.15) is 6.04 Å². The highest BCUT2D eigenvalue weighted by atomic mass is 16.4. The quantitative estimate of drug-likeness (QED) is 0.326. The highest BCUT2D eigenvalue weighted by molar-refractivity contribution is 5.75. The Labute approximate surface area is 104 Å². The second kappa shape index (κ2) is 6.63. The molecular weight excluding hydrogens is 236 g/mol.